The molecule has 0 aliphatic carbocycles. The number of benzene rings is 2. The van der Waals surface area contributed by atoms with Gasteiger partial charge in [-0.3, -0.25) is 4.79 Å². The van der Waals surface area contributed by atoms with Gasteiger partial charge >= 0.3 is 6.36 Å². The molecule has 0 fully saturated rings. The Morgan fingerprint density at radius 3 is 2.55 bits per heavy atom. The highest BCUT2D eigenvalue weighted by molar-refractivity contribution is 9.10. The van der Waals surface area contributed by atoms with E-state index in [1.165, 1.54) is 47.4 Å². The van der Waals surface area contributed by atoms with Gasteiger partial charge in [0.05, 0.1) is 22.8 Å². The lowest BCUT2D eigenvalue weighted by atomic mass is 10.1. The molecule has 31 heavy (non-hydrogen) atoms. The van der Waals surface area contributed by atoms with Gasteiger partial charge in [0.25, 0.3) is 0 Å². The van der Waals surface area contributed by atoms with Crippen molar-refractivity contribution in [1.82, 2.24) is 9.78 Å². The number of nitrogens with one attached hydrogen (secondary N) is 1. The van der Waals surface area contributed by atoms with Crippen molar-refractivity contribution in [3.63, 3.8) is 0 Å². The molecule has 3 N–H and O–H groups in total. The number of nitrogens with two attached hydrogens (primary N) is 1. The number of rotatable bonds is 6. The lowest BCUT2D eigenvalue weighted by molar-refractivity contribution is -0.274. The molecule has 1 amide bonds. The van der Waals surface area contributed by atoms with E-state index in [1.807, 2.05) is 0 Å². The Morgan fingerprint density at radius 1 is 1.23 bits per heavy atom. The quantitative estimate of drug-likeness (QED) is 0.518. The van der Waals surface area contributed by atoms with Crippen molar-refractivity contribution >= 4 is 37.5 Å². The summed E-state index contributed by atoms with van der Waals surface area (Å²) in [5.41, 5.74) is 0.232. The van der Waals surface area contributed by atoms with E-state index in [9.17, 15) is 26.4 Å². The van der Waals surface area contributed by atoms with E-state index in [0.717, 1.165) is 12.1 Å². The third kappa shape index (κ3) is 6.06. The number of primary sulfonamides is 1. The van der Waals surface area contributed by atoms with Gasteiger partial charge in [0.2, 0.25) is 15.9 Å². The highest BCUT2D eigenvalue weighted by Gasteiger charge is 2.32. The maximum atomic E-state index is 12.5. The fraction of sp³-hybridized carbons (Fsp3) is 0.111. The molecule has 0 aliphatic rings. The molecular weight excluding hydrogens is 505 g/mol. The number of anilines is 1. The summed E-state index contributed by atoms with van der Waals surface area (Å²) in [6.45, 7) is 0. The van der Waals surface area contributed by atoms with Crippen molar-refractivity contribution in [2.45, 2.75) is 17.7 Å². The Morgan fingerprint density at radius 2 is 1.94 bits per heavy atom. The lowest BCUT2D eigenvalue weighted by Crippen LogP contribution is -2.20. The zero-order chi connectivity index (χ0) is 22.8. The molecule has 3 aromatic rings. The topological polar surface area (TPSA) is 116 Å². The number of ether oxygens (including phenoxy) is 1. The number of halogens is 4. The van der Waals surface area contributed by atoms with Crippen molar-refractivity contribution in [3.05, 3.63) is 64.9 Å². The minimum atomic E-state index is -4.91. The van der Waals surface area contributed by atoms with Gasteiger partial charge in [-0.2, -0.15) is 5.10 Å². The van der Waals surface area contributed by atoms with Crippen LogP contribution < -0.4 is 15.2 Å². The van der Waals surface area contributed by atoms with E-state index in [0.29, 0.717) is 4.47 Å². The maximum Gasteiger partial charge on any atom is 0.573 e. The van der Waals surface area contributed by atoms with Gasteiger partial charge in [0.1, 0.15) is 10.6 Å². The molecule has 0 atom stereocenters. The number of nitrogens with zero attached hydrogens (tertiary/aromatic N) is 2. The number of sulfonamides is 1. The Balaban J connectivity index is 1.85. The van der Waals surface area contributed by atoms with Crippen LogP contribution in [0.15, 0.2) is 64.2 Å². The van der Waals surface area contributed by atoms with E-state index in [-0.39, 0.29) is 21.8 Å². The number of para-hydroxylation sites is 1. The number of alkyl halides is 3. The second-order valence-corrected chi connectivity index (χ2v) is 8.66. The molecule has 1 heterocycles. The van der Waals surface area contributed by atoms with Crippen molar-refractivity contribution in [2.75, 3.05) is 5.32 Å². The third-order valence-electron chi connectivity index (χ3n) is 3.90. The predicted molar refractivity (Wildman–Crippen MR) is 108 cm³/mol. The number of carbonyl (C=O) groups is 1. The summed E-state index contributed by atoms with van der Waals surface area (Å²) >= 11 is 3.21. The summed E-state index contributed by atoms with van der Waals surface area (Å²) in [6.07, 6.45) is -2.39. The molecular formula is C18H14BrF3N4O4S. The molecule has 0 spiro atoms. The Kier molecular flexibility index (Phi) is 6.38. The first-order chi connectivity index (χ1) is 14.4. The molecule has 0 bridgehead atoms. The second kappa shape index (κ2) is 8.69. The van der Waals surface area contributed by atoms with Crippen molar-refractivity contribution < 1.29 is 31.1 Å². The summed E-state index contributed by atoms with van der Waals surface area (Å²) in [5.74, 6) is -1.19. The van der Waals surface area contributed by atoms with Crippen LogP contribution in [0.1, 0.15) is 5.56 Å². The van der Waals surface area contributed by atoms with Gasteiger partial charge in [-0.15, -0.1) is 13.2 Å². The zero-order valence-corrected chi connectivity index (χ0v) is 17.8. The molecule has 2 aromatic carbocycles. The van der Waals surface area contributed by atoms with Gasteiger partial charge in [-0.25, -0.2) is 18.2 Å². The second-order valence-electron chi connectivity index (χ2n) is 6.21. The van der Waals surface area contributed by atoms with Gasteiger partial charge in [0, 0.05) is 17.4 Å². The van der Waals surface area contributed by atoms with Crippen LogP contribution in [0.4, 0.5) is 18.9 Å². The molecule has 0 saturated heterocycles. The predicted octanol–water partition coefficient (Wildman–Crippen LogP) is 3.36. The number of aromatic nitrogens is 2. The number of hydrogen-bond donors (Lipinski definition) is 2. The molecule has 13 heteroatoms. The number of hydrogen-bond acceptors (Lipinski definition) is 5. The van der Waals surface area contributed by atoms with Crippen LogP contribution in [0.2, 0.25) is 0 Å². The van der Waals surface area contributed by atoms with Crippen LogP contribution in [0.5, 0.6) is 5.75 Å². The molecule has 0 aliphatic heterocycles. The summed E-state index contributed by atoms with van der Waals surface area (Å²) in [5, 5.41) is 11.7. The summed E-state index contributed by atoms with van der Waals surface area (Å²) < 4.78 is 67.5. The Labute approximate surface area is 183 Å². The molecule has 1 aromatic heterocycles. The fourth-order valence-electron chi connectivity index (χ4n) is 2.69. The van der Waals surface area contributed by atoms with Crippen LogP contribution in [-0.2, 0) is 21.2 Å². The average molecular weight is 519 g/mol. The molecule has 3 rings (SSSR count). The van der Waals surface area contributed by atoms with Crippen LogP contribution in [-0.4, -0.2) is 30.5 Å². The first-order valence-corrected chi connectivity index (χ1v) is 10.8. The third-order valence-corrected chi connectivity index (χ3v) is 5.25. The van der Waals surface area contributed by atoms with Gasteiger partial charge in [-0.05, 0) is 40.2 Å². The molecule has 8 nitrogen and oxygen atoms in total. The fourth-order valence-corrected chi connectivity index (χ4v) is 3.72. The minimum absolute atomic E-state index is 0.00186. The van der Waals surface area contributed by atoms with E-state index >= 15 is 0 Å². The minimum Gasteiger partial charge on any atom is -0.405 e. The smallest absolute Gasteiger partial charge is 0.405 e. The van der Waals surface area contributed by atoms with Gasteiger partial charge < -0.3 is 10.1 Å². The van der Waals surface area contributed by atoms with Crippen LogP contribution in [0.25, 0.3) is 5.69 Å². The number of amides is 1. The highest BCUT2D eigenvalue weighted by Crippen LogP contribution is 2.27. The van der Waals surface area contributed by atoms with Crippen molar-refractivity contribution in [3.8, 4) is 11.4 Å². The van der Waals surface area contributed by atoms with E-state index < -0.39 is 34.5 Å². The summed E-state index contributed by atoms with van der Waals surface area (Å²) in [7, 11) is -4.19. The molecule has 0 radical (unpaired) electrons. The van der Waals surface area contributed by atoms with E-state index in [4.69, 9.17) is 5.14 Å². The van der Waals surface area contributed by atoms with Crippen molar-refractivity contribution in [2.24, 2.45) is 5.14 Å². The Bertz CT molecular complexity index is 1230. The summed E-state index contributed by atoms with van der Waals surface area (Å²) in [4.78, 5) is 12.1. The monoisotopic (exact) mass is 518 g/mol. The first-order valence-electron chi connectivity index (χ1n) is 8.43. The Hall–Kier alpha value is -2.90. The largest absolute Gasteiger partial charge is 0.573 e. The zero-order valence-electron chi connectivity index (χ0n) is 15.4. The van der Waals surface area contributed by atoms with Gasteiger partial charge in [0.15, 0.2) is 0 Å². The van der Waals surface area contributed by atoms with Gasteiger partial charge in [-0.1, -0.05) is 18.2 Å². The number of carbonyl (C=O) groups excluding carboxylic acids is 1. The SMILES string of the molecule is NS(=O)(=O)c1cc(NC(=O)Cc2ccccc2OC(F)(F)F)ccc1-n1cc(Br)cn1. The van der Waals surface area contributed by atoms with E-state index in [2.05, 4.69) is 31.1 Å². The standard InChI is InChI=1S/C18H14BrF3N4O4S/c19-12-9-24-26(10-12)14-6-5-13(8-16(14)31(23,28)29)25-17(27)7-11-3-1-2-4-15(11)30-18(20,21)22/h1-6,8-10H,7H2,(H,25,27)(H2,23,28,29). The molecule has 0 saturated carbocycles. The van der Waals surface area contributed by atoms with E-state index in [1.54, 1.807) is 0 Å². The van der Waals surface area contributed by atoms with Crippen LogP contribution in [0, 0.1) is 0 Å². The average Bonchev–Trinajstić information content (AvgIpc) is 3.07. The summed E-state index contributed by atoms with van der Waals surface area (Å²) in [6, 6.07) is 9.14. The highest BCUT2D eigenvalue weighted by atomic mass is 79.9. The molecule has 0 unspecified atom stereocenters. The lowest BCUT2D eigenvalue weighted by Gasteiger charge is -2.14. The maximum absolute atomic E-state index is 12.5. The van der Waals surface area contributed by atoms with Crippen LogP contribution in [0.3, 0.4) is 0 Å². The first kappa shape index (κ1) is 22.8. The molecule has 164 valence electrons. The normalized spacial score (nSPS) is 11.9. The van der Waals surface area contributed by atoms with Crippen LogP contribution >= 0.6 is 15.9 Å². The van der Waals surface area contributed by atoms with Crippen molar-refractivity contribution in [1.29, 1.82) is 0 Å².